The van der Waals surface area contributed by atoms with Gasteiger partial charge in [-0.05, 0) is 35.7 Å². The highest BCUT2D eigenvalue weighted by Crippen LogP contribution is 2.30. The van der Waals surface area contributed by atoms with E-state index in [9.17, 15) is 0 Å². The van der Waals surface area contributed by atoms with Crippen molar-refractivity contribution in [2.45, 2.75) is 13.5 Å². The zero-order chi connectivity index (χ0) is 12.4. The third-order valence-corrected chi connectivity index (χ3v) is 3.45. The van der Waals surface area contributed by atoms with E-state index >= 15 is 0 Å². The van der Waals surface area contributed by atoms with Gasteiger partial charge in [-0.3, -0.25) is 0 Å². The van der Waals surface area contributed by atoms with Crippen molar-refractivity contribution in [3.05, 3.63) is 57.6 Å². The van der Waals surface area contributed by atoms with Gasteiger partial charge in [-0.15, -0.1) is 0 Å². The van der Waals surface area contributed by atoms with E-state index in [1.54, 1.807) is 0 Å². The van der Waals surface area contributed by atoms with Crippen molar-refractivity contribution in [3.8, 4) is 11.1 Å². The number of benzene rings is 2. The quantitative estimate of drug-likeness (QED) is 0.855. The van der Waals surface area contributed by atoms with E-state index in [-0.39, 0.29) is 0 Å². The lowest BCUT2D eigenvalue weighted by Crippen LogP contribution is -1.99. The molecule has 2 aromatic carbocycles. The van der Waals surface area contributed by atoms with Crippen LogP contribution in [-0.2, 0) is 6.54 Å². The maximum atomic E-state index is 6.04. The minimum Gasteiger partial charge on any atom is -0.326 e. The van der Waals surface area contributed by atoms with Crippen LogP contribution in [0.1, 0.15) is 11.1 Å². The molecular weight excluding hydrogens is 253 g/mol. The molecule has 0 spiro atoms. The van der Waals surface area contributed by atoms with Crippen molar-refractivity contribution >= 4 is 23.2 Å². The summed E-state index contributed by atoms with van der Waals surface area (Å²) in [4.78, 5) is 0. The maximum Gasteiger partial charge on any atom is 0.0598 e. The number of nitrogens with two attached hydrogens (primary N) is 1. The maximum absolute atomic E-state index is 6.04. The second-order valence-corrected chi connectivity index (χ2v) is 4.81. The van der Waals surface area contributed by atoms with Crippen LogP contribution in [0.3, 0.4) is 0 Å². The summed E-state index contributed by atoms with van der Waals surface area (Å²) in [5.41, 5.74) is 10.2. The molecule has 0 amide bonds. The molecule has 88 valence electrons. The third-order valence-electron chi connectivity index (χ3n) is 2.72. The molecule has 0 aliphatic carbocycles. The van der Waals surface area contributed by atoms with Gasteiger partial charge >= 0.3 is 0 Å². The molecule has 0 unspecified atom stereocenters. The Labute approximate surface area is 111 Å². The summed E-state index contributed by atoms with van der Waals surface area (Å²) in [6.45, 7) is 2.57. The second-order valence-electron chi connectivity index (χ2n) is 3.99. The predicted molar refractivity (Wildman–Crippen MR) is 74.5 cm³/mol. The monoisotopic (exact) mass is 265 g/mol. The zero-order valence-corrected chi connectivity index (χ0v) is 11.0. The van der Waals surface area contributed by atoms with E-state index in [0.29, 0.717) is 16.6 Å². The van der Waals surface area contributed by atoms with E-state index in [4.69, 9.17) is 28.9 Å². The van der Waals surface area contributed by atoms with Crippen LogP contribution in [-0.4, -0.2) is 0 Å². The topological polar surface area (TPSA) is 26.0 Å². The van der Waals surface area contributed by atoms with Crippen LogP contribution in [0.4, 0.5) is 0 Å². The number of aryl methyl sites for hydroxylation is 1. The van der Waals surface area contributed by atoms with Crippen LogP contribution >= 0.6 is 23.2 Å². The van der Waals surface area contributed by atoms with Gasteiger partial charge in [0, 0.05) is 6.54 Å². The molecule has 0 radical (unpaired) electrons. The smallest absolute Gasteiger partial charge is 0.0598 e. The van der Waals surface area contributed by atoms with Gasteiger partial charge in [0.15, 0.2) is 0 Å². The van der Waals surface area contributed by atoms with Crippen LogP contribution in [0.2, 0.25) is 10.0 Å². The molecule has 0 saturated heterocycles. The molecule has 0 heterocycles. The summed E-state index contributed by atoms with van der Waals surface area (Å²) in [5.74, 6) is 0. The van der Waals surface area contributed by atoms with E-state index < -0.39 is 0 Å². The highest BCUT2D eigenvalue weighted by Gasteiger charge is 2.06. The number of hydrogen-bond donors (Lipinski definition) is 1. The Morgan fingerprint density at radius 2 is 1.76 bits per heavy atom. The molecule has 0 atom stereocenters. The number of hydrogen-bond acceptors (Lipinski definition) is 1. The standard InChI is InChI=1S/C14H13Cl2N/c1-9-2-3-11(8-17)12(6-9)10-4-5-13(15)14(16)7-10/h2-7H,8,17H2,1H3. The molecule has 1 nitrogen and oxygen atoms in total. The van der Waals surface area contributed by atoms with Crippen molar-refractivity contribution in [2.75, 3.05) is 0 Å². The number of rotatable bonds is 2. The first-order valence-electron chi connectivity index (χ1n) is 5.37. The molecule has 0 fully saturated rings. The Hall–Kier alpha value is -1.02. The highest BCUT2D eigenvalue weighted by molar-refractivity contribution is 6.42. The van der Waals surface area contributed by atoms with Gasteiger partial charge in [0.05, 0.1) is 10.0 Å². The lowest BCUT2D eigenvalue weighted by atomic mass is 9.98. The summed E-state index contributed by atoms with van der Waals surface area (Å²) in [6, 6.07) is 11.9. The van der Waals surface area contributed by atoms with E-state index in [1.807, 2.05) is 24.3 Å². The minimum absolute atomic E-state index is 0.510. The Morgan fingerprint density at radius 1 is 1.00 bits per heavy atom. The van der Waals surface area contributed by atoms with Gasteiger partial charge in [0.1, 0.15) is 0 Å². The van der Waals surface area contributed by atoms with Crippen LogP contribution < -0.4 is 5.73 Å². The van der Waals surface area contributed by atoms with Gasteiger partial charge in [-0.25, -0.2) is 0 Å². The minimum atomic E-state index is 0.510. The molecule has 2 rings (SSSR count). The average Bonchev–Trinajstić information content (AvgIpc) is 2.32. The van der Waals surface area contributed by atoms with Gasteiger partial charge in [0.2, 0.25) is 0 Å². The van der Waals surface area contributed by atoms with E-state index in [2.05, 4.69) is 19.1 Å². The molecule has 3 heteroatoms. The Bertz CT molecular complexity index is 550. The molecule has 17 heavy (non-hydrogen) atoms. The van der Waals surface area contributed by atoms with Crippen molar-refractivity contribution < 1.29 is 0 Å². The average molecular weight is 266 g/mol. The molecular formula is C14H13Cl2N. The Morgan fingerprint density at radius 3 is 2.41 bits per heavy atom. The van der Waals surface area contributed by atoms with Gasteiger partial charge in [-0.1, -0.05) is 53.0 Å². The van der Waals surface area contributed by atoms with E-state index in [1.165, 1.54) is 5.56 Å². The van der Waals surface area contributed by atoms with Crippen molar-refractivity contribution in [3.63, 3.8) is 0 Å². The zero-order valence-electron chi connectivity index (χ0n) is 9.50. The third kappa shape index (κ3) is 2.63. The summed E-state index contributed by atoms with van der Waals surface area (Å²) in [5, 5.41) is 1.13. The molecule has 2 N–H and O–H groups in total. The summed E-state index contributed by atoms with van der Waals surface area (Å²) >= 11 is 12.0. The fourth-order valence-corrected chi connectivity index (χ4v) is 2.10. The van der Waals surface area contributed by atoms with Crippen LogP contribution in [0.25, 0.3) is 11.1 Å². The van der Waals surface area contributed by atoms with Gasteiger partial charge < -0.3 is 5.73 Å². The van der Waals surface area contributed by atoms with Crippen molar-refractivity contribution in [1.29, 1.82) is 0 Å². The van der Waals surface area contributed by atoms with Gasteiger partial charge in [-0.2, -0.15) is 0 Å². The Balaban J connectivity index is 2.58. The largest absolute Gasteiger partial charge is 0.326 e. The van der Waals surface area contributed by atoms with Crippen LogP contribution in [0.5, 0.6) is 0 Å². The fourth-order valence-electron chi connectivity index (χ4n) is 1.80. The van der Waals surface area contributed by atoms with Gasteiger partial charge in [0.25, 0.3) is 0 Å². The first-order chi connectivity index (χ1) is 8.11. The summed E-state index contributed by atoms with van der Waals surface area (Å²) < 4.78 is 0. The molecule has 0 aliphatic heterocycles. The normalized spacial score (nSPS) is 10.6. The van der Waals surface area contributed by atoms with Crippen LogP contribution in [0.15, 0.2) is 36.4 Å². The molecule has 0 saturated carbocycles. The lowest BCUT2D eigenvalue weighted by Gasteiger charge is -2.10. The highest BCUT2D eigenvalue weighted by atomic mass is 35.5. The molecule has 0 aliphatic rings. The molecule has 2 aromatic rings. The molecule has 0 bridgehead atoms. The number of halogens is 2. The Kier molecular flexibility index (Phi) is 3.72. The first-order valence-corrected chi connectivity index (χ1v) is 6.12. The predicted octanol–water partition coefficient (Wildman–Crippen LogP) is 4.43. The first kappa shape index (κ1) is 12.4. The summed E-state index contributed by atoms with van der Waals surface area (Å²) in [6.07, 6.45) is 0. The second kappa shape index (κ2) is 5.09. The molecule has 0 aromatic heterocycles. The SMILES string of the molecule is Cc1ccc(CN)c(-c2ccc(Cl)c(Cl)c2)c1. The van der Waals surface area contributed by atoms with Crippen molar-refractivity contribution in [2.24, 2.45) is 5.73 Å². The van der Waals surface area contributed by atoms with Crippen LogP contribution in [0, 0.1) is 6.92 Å². The fraction of sp³-hybridized carbons (Fsp3) is 0.143. The lowest BCUT2D eigenvalue weighted by molar-refractivity contribution is 1.07. The van der Waals surface area contributed by atoms with E-state index in [0.717, 1.165) is 16.7 Å². The summed E-state index contributed by atoms with van der Waals surface area (Å²) in [7, 11) is 0. The van der Waals surface area contributed by atoms with Crippen molar-refractivity contribution in [1.82, 2.24) is 0 Å².